The number of ether oxygens (including phenoxy) is 4. The number of nitrogens with zero attached hydrogens (tertiary/aromatic N) is 2. The van der Waals surface area contributed by atoms with Gasteiger partial charge in [0.25, 0.3) is 0 Å². The summed E-state index contributed by atoms with van der Waals surface area (Å²) >= 11 is 0. The summed E-state index contributed by atoms with van der Waals surface area (Å²) in [5.74, 6) is 0.568. The largest absolute Gasteiger partial charge is 0.507 e. The second kappa shape index (κ2) is 12.5. The van der Waals surface area contributed by atoms with E-state index in [-0.39, 0.29) is 17.6 Å². The van der Waals surface area contributed by atoms with Crippen molar-refractivity contribution in [1.82, 2.24) is 4.90 Å². The van der Waals surface area contributed by atoms with E-state index >= 15 is 0 Å². The molecule has 2 aliphatic rings. The van der Waals surface area contributed by atoms with Crippen LogP contribution < -0.4 is 15.3 Å². The topological polar surface area (TPSA) is 93.8 Å². The Balaban J connectivity index is 1.29. The molecule has 39 heavy (non-hydrogen) atoms. The fourth-order valence-corrected chi connectivity index (χ4v) is 4.92. The van der Waals surface area contributed by atoms with Crippen LogP contribution in [0.4, 0.5) is 5.69 Å². The van der Waals surface area contributed by atoms with E-state index in [4.69, 9.17) is 23.4 Å². The summed E-state index contributed by atoms with van der Waals surface area (Å²) in [5.41, 5.74) is 2.15. The maximum Gasteiger partial charge on any atom is 0.343 e. The van der Waals surface area contributed by atoms with Crippen molar-refractivity contribution >= 4 is 16.7 Å². The first kappa shape index (κ1) is 27.1. The molecule has 0 radical (unpaired) electrons. The third kappa shape index (κ3) is 6.55. The Kier molecular flexibility index (Phi) is 8.71. The van der Waals surface area contributed by atoms with Crippen LogP contribution in [0.2, 0.25) is 0 Å². The second-order valence-electron chi connectivity index (χ2n) is 9.95. The van der Waals surface area contributed by atoms with E-state index in [1.165, 1.54) is 0 Å². The smallest absolute Gasteiger partial charge is 0.343 e. The lowest BCUT2D eigenvalue weighted by Gasteiger charge is -2.22. The van der Waals surface area contributed by atoms with Crippen LogP contribution in [0.3, 0.4) is 0 Å². The van der Waals surface area contributed by atoms with Crippen LogP contribution >= 0.6 is 0 Å². The first-order valence-corrected chi connectivity index (χ1v) is 13.4. The van der Waals surface area contributed by atoms with Gasteiger partial charge in [-0.2, -0.15) is 0 Å². The van der Waals surface area contributed by atoms with Crippen molar-refractivity contribution in [2.45, 2.75) is 18.8 Å². The molecule has 3 aromatic rings. The first-order chi connectivity index (χ1) is 19.0. The highest BCUT2D eigenvalue weighted by atomic mass is 16.6. The highest BCUT2D eigenvalue weighted by molar-refractivity contribution is 5.85. The molecule has 1 fully saturated rings. The monoisotopic (exact) mass is 536 g/mol. The van der Waals surface area contributed by atoms with Gasteiger partial charge < -0.3 is 38.3 Å². The standard InChI is InChI=1S/C30H36N2O7/c1-31-10-11-32(20-31)23-5-3-4-22(18-23)27(21-6-7-21)28-29(33)25-9-8-24(19-26(25)39-30(28)34)38-17-16-37-15-14-36-13-12-35-2/h3-5,8-11,18-19,21,27,33H,6-7,12-17,20H2,1-2H3. The summed E-state index contributed by atoms with van der Waals surface area (Å²) in [7, 11) is 3.66. The molecule has 2 aromatic carbocycles. The first-order valence-electron chi connectivity index (χ1n) is 13.4. The Morgan fingerprint density at radius 2 is 1.77 bits per heavy atom. The zero-order valence-corrected chi connectivity index (χ0v) is 22.5. The summed E-state index contributed by atoms with van der Waals surface area (Å²) < 4.78 is 27.3. The number of benzene rings is 2. The maximum absolute atomic E-state index is 13.3. The highest BCUT2D eigenvalue weighted by Gasteiger charge is 2.38. The molecule has 1 aliphatic heterocycles. The third-order valence-electron chi connectivity index (χ3n) is 7.03. The number of hydrogen-bond acceptors (Lipinski definition) is 9. The fraction of sp³-hybridized carbons (Fsp3) is 0.433. The summed E-state index contributed by atoms with van der Waals surface area (Å²) in [6, 6.07) is 13.3. The molecule has 1 atom stereocenters. The van der Waals surface area contributed by atoms with E-state index in [2.05, 4.69) is 21.9 Å². The van der Waals surface area contributed by atoms with Crippen molar-refractivity contribution in [1.29, 1.82) is 0 Å². The zero-order valence-electron chi connectivity index (χ0n) is 22.5. The normalized spacial score (nSPS) is 15.8. The van der Waals surface area contributed by atoms with E-state index in [0.29, 0.717) is 61.9 Å². The van der Waals surface area contributed by atoms with Gasteiger partial charge >= 0.3 is 5.63 Å². The van der Waals surface area contributed by atoms with Crippen LogP contribution in [0.5, 0.6) is 11.5 Å². The number of hydrogen-bond donors (Lipinski definition) is 1. The minimum atomic E-state index is -0.517. The van der Waals surface area contributed by atoms with Gasteiger partial charge in [-0.05, 0) is 48.6 Å². The van der Waals surface area contributed by atoms with Gasteiger partial charge in [-0.1, -0.05) is 12.1 Å². The highest BCUT2D eigenvalue weighted by Crippen LogP contribution is 2.49. The van der Waals surface area contributed by atoms with E-state index in [9.17, 15) is 9.90 Å². The van der Waals surface area contributed by atoms with Gasteiger partial charge in [-0.3, -0.25) is 0 Å². The molecule has 1 unspecified atom stereocenters. The fourth-order valence-electron chi connectivity index (χ4n) is 4.92. The lowest BCUT2D eigenvalue weighted by Crippen LogP contribution is -2.22. The van der Waals surface area contributed by atoms with Crippen molar-refractivity contribution in [3.63, 3.8) is 0 Å². The van der Waals surface area contributed by atoms with E-state index in [0.717, 1.165) is 30.8 Å². The zero-order chi connectivity index (χ0) is 27.2. The van der Waals surface area contributed by atoms with Crippen molar-refractivity contribution in [2.24, 2.45) is 5.92 Å². The minimum Gasteiger partial charge on any atom is -0.507 e. The van der Waals surface area contributed by atoms with Gasteiger partial charge in [0.15, 0.2) is 0 Å². The summed E-state index contributed by atoms with van der Waals surface area (Å²) in [5, 5.41) is 11.8. The SMILES string of the molecule is COCCOCCOCCOc1ccc2c(O)c(C(c3cccc(N4C=CN(C)C4)c3)C3CC3)c(=O)oc2c1. The molecule has 1 N–H and O–H groups in total. The molecule has 1 saturated carbocycles. The Labute approximate surface area is 228 Å². The number of aromatic hydroxyl groups is 1. The maximum atomic E-state index is 13.3. The van der Waals surface area contributed by atoms with Gasteiger partial charge in [0.1, 0.15) is 23.7 Å². The van der Waals surface area contributed by atoms with Gasteiger partial charge in [0.2, 0.25) is 0 Å². The minimum absolute atomic E-state index is 0.0206. The molecule has 9 nitrogen and oxygen atoms in total. The van der Waals surface area contributed by atoms with Gasteiger partial charge in [-0.15, -0.1) is 0 Å². The average molecular weight is 537 g/mol. The van der Waals surface area contributed by atoms with Gasteiger partial charge in [0, 0.05) is 44.2 Å². The number of methoxy groups -OCH3 is 1. The van der Waals surface area contributed by atoms with E-state index in [1.807, 2.05) is 31.6 Å². The van der Waals surface area contributed by atoms with Crippen LogP contribution in [0, 0.1) is 5.92 Å². The Morgan fingerprint density at radius 1 is 1.00 bits per heavy atom. The Bertz CT molecular complexity index is 1350. The van der Waals surface area contributed by atoms with E-state index in [1.54, 1.807) is 25.3 Å². The van der Waals surface area contributed by atoms with Gasteiger partial charge in [0.05, 0.1) is 50.7 Å². The van der Waals surface area contributed by atoms with Crippen LogP contribution in [-0.4, -0.2) is 70.5 Å². The van der Waals surface area contributed by atoms with Crippen molar-refractivity contribution < 1.29 is 28.5 Å². The van der Waals surface area contributed by atoms with E-state index < -0.39 is 5.63 Å². The van der Waals surface area contributed by atoms with Crippen molar-refractivity contribution in [2.75, 3.05) is 65.4 Å². The van der Waals surface area contributed by atoms with Crippen LogP contribution in [0.15, 0.2) is 64.1 Å². The molecule has 0 spiro atoms. The quantitative estimate of drug-likeness (QED) is 0.239. The molecule has 208 valence electrons. The molecule has 1 aromatic heterocycles. The van der Waals surface area contributed by atoms with Crippen LogP contribution in [0.25, 0.3) is 11.0 Å². The molecule has 0 bridgehead atoms. The molecule has 5 rings (SSSR count). The number of rotatable bonds is 14. The van der Waals surface area contributed by atoms with Crippen molar-refractivity contribution in [3.05, 3.63) is 76.4 Å². The predicted molar refractivity (Wildman–Crippen MR) is 148 cm³/mol. The second-order valence-corrected chi connectivity index (χ2v) is 9.95. The molecule has 0 saturated heterocycles. The lowest BCUT2D eigenvalue weighted by atomic mass is 9.86. The number of anilines is 1. The molecule has 0 amide bonds. The average Bonchev–Trinajstić information content (AvgIpc) is 3.68. The molecular formula is C30H36N2O7. The summed E-state index contributed by atoms with van der Waals surface area (Å²) in [6.45, 7) is 3.54. The van der Waals surface area contributed by atoms with Crippen LogP contribution in [-0.2, 0) is 14.2 Å². The Morgan fingerprint density at radius 3 is 2.49 bits per heavy atom. The van der Waals surface area contributed by atoms with Crippen molar-refractivity contribution in [3.8, 4) is 11.5 Å². The lowest BCUT2D eigenvalue weighted by molar-refractivity contribution is 0.0180. The summed E-state index contributed by atoms with van der Waals surface area (Å²) in [6.07, 6.45) is 6.08. The molecule has 1 aliphatic carbocycles. The van der Waals surface area contributed by atoms with Gasteiger partial charge in [-0.25, -0.2) is 4.79 Å². The van der Waals surface area contributed by atoms with Crippen LogP contribution in [0.1, 0.15) is 29.9 Å². The Hall–Kier alpha value is -3.53. The third-order valence-corrected chi connectivity index (χ3v) is 7.03. The molecule has 2 heterocycles. The number of fused-ring (bicyclic) bond motifs is 1. The molecular weight excluding hydrogens is 500 g/mol. The molecule has 9 heteroatoms. The summed E-state index contributed by atoms with van der Waals surface area (Å²) in [4.78, 5) is 17.5. The predicted octanol–water partition coefficient (Wildman–Crippen LogP) is 4.28.